The Kier molecular flexibility index (Phi) is 65.9. The number of aliphatic hydroxyl groups is 1. The van der Waals surface area contributed by atoms with Crippen LogP contribution < -0.4 is 0 Å². The lowest BCUT2D eigenvalue weighted by Gasteiger charge is -2.21. The number of rotatable bonds is 74. The number of carbonyl (C=O) groups is 4. The molecular formula is C74H144O17P2. The Morgan fingerprint density at radius 3 is 0.763 bits per heavy atom. The number of ether oxygens (including phenoxy) is 4. The van der Waals surface area contributed by atoms with E-state index in [1.807, 2.05) is 0 Å². The third kappa shape index (κ3) is 67.0. The van der Waals surface area contributed by atoms with Gasteiger partial charge in [0.05, 0.1) is 26.4 Å². The van der Waals surface area contributed by atoms with Crippen molar-refractivity contribution in [3.8, 4) is 0 Å². The van der Waals surface area contributed by atoms with Gasteiger partial charge in [0.2, 0.25) is 0 Å². The zero-order chi connectivity index (χ0) is 68.4. The van der Waals surface area contributed by atoms with Crippen molar-refractivity contribution in [1.82, 2.24) is 0 Å². The maximum Gasteiger partial charge on any atom is 0.472 e. The highest BCUT2D eigenvalue weighted by Gasteiger charge is 2.30. The Morgan fingerprint density at radius 2 is 0.516 bits per heavy atom. The van der Waals surface area contributed by atoms with Crippen molar-refractivity contribution in [2.24, 2.45) is 5.92 Å². The van der Waals surface area contributed by atoms with E-state index in [1.54, 1.807) is 0 Å². The summed E-state index contributed by atoms with van der Waals surface area (Å²) < 4.78 is 68.4. The fraction of sp³-hybridized carbons (Fsp3) is 0.946. The van der Waals surface area contributed by atoms with Crippen LogP contribution in [0.2, 0.25) is 0 Å². The standard InChI is InChI=1S/C74H144O17P2/c1-6-10-13-16-19-22-24-26-28-30-32-34-39-44-49-54-59-73(78)91-70(64-85-72(77)58-53-48-43-38-33-31-29-27-25-23-20-17-14-11-7-2)66-89-93(82,83)87-62-68(75)61-86-92(80,81)88-65-69(63-84-71(76)57-52-47-42-21-18-15-12-8-3)90-74(79)60-55-50-45-40-36-35-37-41-46-51-56-67(5)9-4/h67-70,75H,6-66H2,1-5H3,(H,80,81)(H,82,83)/t67?,68-,69+,70+/m0/s1. The molecule has 3 N–H and O–H groups in total. The molecule has 0 radical (unpaired) electrons. The number of hydrogen-bond donors (Lipinski definition) is 3. The van der Waals surface area contributed by atoms with Gasteiger partial charge in [-0.15, -0.1) is 0 Å². The van der Waals surface area contributed by atoms with Crippen LogP contribution in [0.1, 0.15) is 388 Å². The van der Waals surface area contributed by atoms with Gasteiger partial charge in [-0.3, -0.25) is 37.3 Å². The first-order valence-electron chi connectivity index (χ1n) is 38.7. The smallest absolute Gasteiger partial charge is 0.462 e. The minimum Gasteiger partial charge on any atom is -0.462 e. The van der Waals surface area contributed by atoms with E-state index in [1.165, 1.54) is 205 Å². The van der Waals surface area contributed by atoms with Crippen LogP contribution in [0.15, 0.2) is 0 Å². The predicted octanol–water partition coefficient (Wildman–Crippen LogP) is 21.7. The van der Waals surface area contributed by atoms with Crippen molar-refractivity contribution in [1.29, 1.82) is 0 Å². The van der Waals surface area contributed by atoms with E-state index in [9.17, 15) is 43.2 Å². The van der Waals surface area contributed by atoms with Crippen LogP contribution in [0.5, 0.6) is 0 Å². The Hall–Kier alpha value is -1.94. The fourth-order valence-corrected chi connectivity index (χ4v) is 12.9. The van der Waals surface area contributed by atoms with E-state index in [4.69, 9.17) is 37.0 Å². The summed E-state index contributed by atoms with van der Waals surface area (Å²) in [6.45, 7) is 7.28. The van der Waals surface area contributed by atoms with Gasteiger partial charge in [0, 0.05) is 25.7 Å². The van der Waals surface area contributed by atoms with E-state index in [-0.39, 0.29) is 25.7 Å². The first-order chi connectivity index (χ1) is 45.1. The molecular weight excluding hydrogens is 1220 g/mol. The molecule has 0 aromatic carbocycles. The van der Waals surface area contributed by atoms with Crippen molar-refractivity contribution in [3.63, 3.8) is 0 Å². The summed E-state index contributed by atoms with van der Waals surface area (Å²) in [5, 5.41) is 10.6. The first-order valence-corrected chi connectivity index (χ1v) is 41.7. The Labute approximate surface area is 568 Å². The molecule has 0 aliphatic carbocycles. The second-order valence-corrected chi connectivity index (χ2v) is 29.8. The topological polar surface area (TPSA) is 237 Å². The molecule has 552 valence electrons. The molecule has 0 rings (SSSR count). The van der Waals surface area contributed by atoms with Crippen LogP contribution >= 0.6 is 15.6 Å². The van der Waals surface area contributed by atoms with Gasteiger partial charge in [0.25, 0.3) is 0 Å². The molecule has 0 fully saturated rings. The van der Waals surface area contributed by atoms with Gasteiger partial charge in [0.1, 0.15) is 19.3 Å². The molecule has 93 heavy (non-hydrogen) atoms. The fourth-order valence-electron chi connectivity index (χ4n) is 11.3. The number of phosphoric acid groups is 2. The van der Waals surface area contributed by atoms with Gasteiger partial charge >= 0.3 is 39.5 Å². The highest BCUT2D eigenvalue weighted by atomic mass is 31.2. The predicted molar refractivity (Wildman–Crippen MR) is 377 cm³/mol. The van der Waals surface area contributed by atoms with E-state index in [0.717, 1.165) is 102 Å². The van der Waals surface area contributed by atoms with Crippen molar-refractivity contribution in [2.45, 2.75) is 406 Å². The van der Waals surface area contributed by atoms with Gasteiger partial charge in [-0.05, 0) is 31.6 Å². The summed E-state index contributed by atoms with van der Waals surface area (Å²) in [7, 11) is -9.90. The zero-order valence-corrected chi connectivity index (χ0v) is 62.2. The van der Waals surface area contributed by atoms with Crippen LogP contribution in [0, 0.1) is 5.92 Å². The molecule has 0 heterocycles. The van der Waals surface area contributed by atoms with Crippen LogP contribution in [0.25, 0.3) is 0 Å². The third-order valence-corrected chi connectivity index (χ3v) is 19.5. The minimum atomic E-state index is -4.95. The summed E-state index contributed by atoms with van der Waals surface area (Å²) >= 11 is 0. The van der Waals surface area contributed by atoms with Crippen molar-refractivity contribution >= 4 is 39.5 Å². The molecule has 0 spiro atoms. The largest absolute Gasteiger partial charge is 0.472 e. The van der Waals surface area contributed by atoms with Gasteiger partial charge in [-0.2, -0.15) is 0 Å². The van der Waals surface area contributed by atoms with Crippen molar-refractivity contribution in [3.05, 3.63) is 0 Å². The average Bonchev–Trinajstić information content (AvgIpc) is 3.53. The van der Waals surface area contributed by atoms with Crippen LogP contribution in [0.4, 0.5) is 0 Å². The SMILES string of the molecule is CCCCCCCCCCCCCCCCCCC(=O)O[C@H](COC(=O)CCCCCCCCCCCCCCCCC)COP(=O)(O)OC[C@@H](O)COP(=O)(O)OC[C@@H](COC(=O)CCCCCCCCCC)OC(=O)CCCCCCCCCCCCC(C)CC. The van der Waals surface area contributed by atoms with Crippen LogP contribution in [0.3, 0.4) is 0 Å². The highest BCUT2D eigenvalue weighted by molar-refractivity contribution is 7.47. The second kappa shape index (κ2) is 67.3. The normalized spacial score (nSPS) is 14.3. The number of aliphatic hydroxyl groups excluding tert-OH is 1. The lowest BCUT2D eigenvalue weighted by molar-refractivity contribution is -0.161. The third-order valence-electron chi connectivity index (χ3n) is 17.6. The molecule has 17 nitrogen and oxygen atoms in total. The molecule has 0 aliphatic rings. The average molecular weight is 1370 g/mol. The molecule has 19 heteroatoms. The lowest BCUT2D eigenvalue weighted by Crippen LogP contribution is -2.30. The van der Waals surface area contributed by atoms with Gasteiger partial charge < -0.3 is 33.8 Å². The Bertz CT molecular complexity index is 1790. The van der Waals surface area contributed by atoms with E-state index < -0.39 is 97.5 Å². The molecule has 0 amide bonds. The quantitative estimate of drug-likeness (QED) is 0.0222. The molecule has 6 atom stereocenters. The summed E-state index contributed by atoms with van der Waals surface area (Å²) in [4.78, 5) is 72.7. The second-order valence-electron chi connectivity index (χ2n) is 26.9. The van der Waals surface area contributed by atoms with Crippen molar-refractivity contribution < 1.29 is 80.2 Å². The Balaban J connectivity index is 5.22. The number of phosphoric ester groups is 2. The zero-order valence-electron chi connectivity index (χ0n) is 60.4. The molecule has 0 saturated heterocycles. The minimum absolute atomic E-state index is 0.106. The van der Waals surface area contributed by atoms with E-state index >= 15 is 0 Å². The maximum atomic E-state index is 13.1. The van der Waals surface area contributed by atoms with Gasteiger partial charge in [-0.1, -0.05) is 336 Å². The van der Waals surface area contributed by atoms with Crippen LogP contribution in [-0.2, 0) is 65.4 Å². The summed E-state index contributed by atoms with van der Waals surface area (Å²) in [5.74, 6) is -1.31. The Morgan fingerprint density at radius 1 is 0.301 bits per heavy atom. The first kappa shape index (κ1) is 91.1. The summed E-state index contributed by atoms with van der Waals surface area (Å²) in [6, 6.07) is 0. The molecule has 3 unspecified atom stereocenters. The van der Waals surface area contributed by atoms with Gasteiger partial charge in [-0.25, -0.2) is 9.13 Å². The monoisotopic (exact) mass is 1370 g/mol. The van der Waals surface area contributed by atoms with E-state index in [0.29, 0.717) is 25.7 Å². The number of hydrogen-bond acceptors (Lipinski definition) is 15. The highest BCUT2D eigenvalue weighted by Crippen LogP contribution is 2.45. The number of unbranched alkanes of at least 4 members (excludes halogenated alkanes) is 45. The maximum absolute atomic E-state index is 13.1. The molecule has 0 aliphatic heterocycles. The molecule has 0 saturated carbocycles. The number of carbonyl (C=O) groups excluding carboxylic acids is 4. The van der Waals surface area contributed by atoms with Crippen LogP contribution in [-0.4, -0.2) is 96.7 Å². The van der Waals surface area contributed by atoms with Gasteiger partial charge in [0.15, 0.2) is 12.2 Å². The lowest BCUT2D eigenvalue weighted by atomic mass is 9.99. The van der Waals surface area contributed by atoms with Crippen molar-refractivity contribution in [2.75, 3.05) is 39.6 Å². The molecule has 0 aromatic rings. The summed E-state index contributed by atoms with van der Waals surface area (Å²) in [6.07, 6.45) is 55.4. The van der Waals surface area contributed by atoms with E-state index in [2.05, 4.69) is 34.6 Å². The number of esters is 4. The molecule has 0 bridgehead atoms. The molecule has 0 aromatic heterocycles. The summed E-state index contributed by atoms with van der Waals surface area (Å²) in [5.41, 5.74) is 0.